The molecule has 22 heavy (non-hydrogen) atoms. The van der Waals surface area contributed by atoms with Crippen LogP contribution in [-0.2, 0) is 11.2 Å². The largest absolute Gasteiger partial charge is 0.483 e. The number of benzene rings is 2. The molecule has 0 radical (unpaired) electrons. The summed E-state index contributed by atoms with van der Waals surface area (Å²) in [7, 11) is 0. The summed E-state index contributed by atoms with van der Waals surface area (Å²) >= 11 is 3.47. The van der Waals surface area contributed by atoms with Gasteiger partial charge in [0.15, 0.2) is 6.61 Å². The van der Waals surface area contributed by atoms with Gasteiger partial charge in [-0.3, -0.25) is 4.79 Å². The molecule has 0 bridgehead atoms. The molecule has 0 aliphatic rings. The van der Waals surface area contributed by atoms with Gasteiger partial charge in [0.2, 0.25) is 0 Å². The van der Waals surface area contributed by atoms with Crippen molar-refractivity contribution in [2.45, 2.75) is 27.2 Å². The van der Waals surface area contributed by atoms with E-state index in [0.717, 1.165) is 27.7 Å². The summed E-state index contributed by atoms with van der Waals surface area (Å²) in [6.45, 7) is 6.09. The van der Waals surface area contributed by atoms with Crippen LogP contribution >= 0.6 is 15.9 Å². The SMILES string of the molecule is CCc1ccc(OCC(=O)Nc2cccc(C)c2C)c(Br)c1. The Balaban J connectivity index is 1.97. The number of amides is 1. The van der Waals surface area contributed by atoms with E-state index < -0.39 is 0 Å². The molecule has 0 heterocycles. The maximum absolute atomic E-state index is 12.0. The van der Waals surface area contributed by atoms with Crippen LogP contribution in [0, 0.1) is 13.8 Å². The predicted molar refractivity (Wildman–Crippen MR) is 93.6 cm³/mol. The van der Waals surface area contributed by atoms with Gasteiger partial charge in [-0.1, -0.05) is 25.1 Å². The van der Waals surface area contributed by atoms with Crippen molar-refractivity contribution in [3.05, 3.63) is 57.6 Å². The van der Waals surface area contributed by atoms with Gasteiger partial charge in [0, 0.05) is 5.69 Å². The van der Waals surface area contributed by atoms with E-state index >= 15 is 0 Å². The molecule has 0 saturated carbocycles. The quantitative estimate of drug-likeness (QED) is 0.841. The minimum Gasteiger partial charge on any atom is -0.483 e. The van der Waals surface area contributed by atoms with E-state index in [1.165, 1.54) is 5.56 Å². The summed E-state index contributed by atoms with van der Waals surface area (Å²) in [6, 6.07) is 11.7. The van der Waals surface area contributed by atoms with E-state index in [9.17, 15) is 4.79 Å². The first-order valence-electron chi connectivity index (χ1n) is 7.28. The van der Waals surface area contributed by atoms with E-state index in [1.54, 1.807) is 0 Å². The lowest BCUT2D eigenvalue weighted by molar-refractivity contribution is -0.118. The van der Waals surface area contributed by atoms with E-state index in [4.69, 9.17) is 4.74 Å². The van der Waals surface area contributed by atoms with Crippen molar-refractivity contribution >= 4 is 27.5 Å². The van der Waals surface area contributed by atoms with Gasteiger partial charge < -0.3 is 10.1 Å². The van der Waals surface area contributed by atoms with Crippen molar-refractivity contribution in [1.29, 1.82) is 0 Å². The summed E-state index contributed by atoms with van der Waals surface area (Å²) < 4.78 is 6.45. The normalized spacial score (nSPS) is 10.4. The van der Waals surface area contributed by atoms with E-state index in [0.29, 0.717) is 5.75 Å². The number of carbonyl (C=O) groups is 1. The average molecular weight is 362 g/mol. The lowest BCUT2D eigenvalue weighted by Gasteiger charge is -2.12. The zero-order valence-corrected chi connectivity index (χ0v) is 14.7. The highest BCUT2D eigenvalue weighted by molar-refractivity contribution is 9.10. The highest BCUT2D eigenvalue weighted by Gasteiger charge is 2.08. The Bertz CT molecular complexity index is 683. The zero-order valence-electron chi connectivity index (χ0n) is 13.1. The fourth-order valence-corrected chi connectivity index (χ4v) is 2.64. The van der Waals surface area contributed by atoms with Gasteiger partial charge in [-0.15, -0.1) is 0 Å². The third-order valence-corrected chi connectivity index (χ3v) is 4.26. The van der Waals surface area contributed by atoms with Crippen molar-refractivity contribution in [3.63, 3.8) is 0 Å². The minimum absolute atomic E-state index is 0.0164. The Kier molecular flexibility index (Phi) is 5.61. The third-order valence-electron chi connectivity index (χ3n) is 3.64. The number of halogens is 1. The number of anilines is 1. The van der Waals surface area contributed by atoms with Crippen LogP contribution in [0.4, 0.5) is 5.69 Å². The number of hydrogen-bond donors (Lipinski definition) is 1. The molecule has 2 aromatic carbocycles. The van der Waals surface area contributed by atoms with Crippen LogP contribution in [-0.4, -0.2) is 12.5 Å². The van der Waals surface area contributed by atoms with Crippen LogP contribution in [0.1, 0.15) is 23.6 Å². The monoisotopic (exact) mass is 361 g/mol. The second-order valence-corrected chi connectivity index (χ2v) is 6.06. The van der Waals surface area contributed by atoms with E-state index in [1.807, 2.05) is 50.2 Å². The van der Waals surface area contributed by atoms with Gasteiger partial charge in [0.05, 0.1) is 4.47 Å². The second kappa shape index (κ2) is 7.45. The Morgan fingerprint density at radius 2 is 2.00 bits per heavy atom. The molecule has 0 atom stereocenters. The van der Waals surface area contributed by atoms with Crippen LogP contribution in [0.25, 0.3) is 0 Å². The number of nitrogens with one attached hydrogen (secondary N) is 1. The van der Waals surface area contributed by atoms with Crippen LogP contribution in [0.3, 0.4) is 0 Å². The summed E-state index contributed by atoms with van der Waals surface area (Å²) in [4.78, 5) is 12.0. The van der Waals surface area contributed by atoms with E-state index in [2.05, 4.69) is 28.2 Å². The third kappa shape index (κ3) is 4.10. The van der Waals surface area contributed by atoms with E-state index in [-0.39, 0.29) is 12.5 Å². The molecule has 116 valence electrons. The zero-order chi connectivity index (χ0) is 16.1. The Hall–Kier alpha value is -1.81. The molecule has 0 aliphatic heterocycles. The van der Waals surface area contributed by atoms with Gasteiger partial charge in [0.1, 0.15) is 5.75 Å². The fraction of sp³-hybridized carbons (Fsp3) is 0.278. The second-order valence-electron chi connectivity index (χ2n) is 5.20. The van der Waals surface area contributed by atoms with Crippen molar-refractivity contribution in [3.8, 4) is 5.75 Å². The van der Waals surface area contributed by atoms with Gasteiger partial charge in [-0.05, 0) is 71.1 Å². The molecule has 3 nitrogen and oxygen atoms in total. The number of ether oxygens (including phenoxy) is 1. The number of aryl methyl sites for hydroxylation is 2. The minimum atomic E-state index is -0.167. The lowest BCUT2D eigenvalue weighted by atomic mass is 10.1. The van der Waals surface area contributed by atoms with Gasteiger partial charge >= 0.3 is 0 Å². The molecule has 1 amide bonds. The molecule has 1 N–H and O–H groups in total. The highest BCUT2D eigenvalue weighted by Crippen LogP contribution is 2.26. The smallest absolute Gasteiger partial charge is 0.262 e. The molecule has 0 spiro atoms. The molecule has 2 rings (SSSR count). The molecule has 0 fully saturated rings. The maximum Gasteiger partial charge on any atom is 0.262 e. The molecule has 0 aromatic heterocycles. The Morgan fingerprint density at radius 1 is 1.23 bits per heavy atom. The first-order valence-corrected chi connectivity index (χ1v) is 8.08. The van der Waals surface area contributed by atoms with Crippen molar-refractivity contribution in [2.75, 3.05) is 11.9 Å². The van der Waals surface area contributed by atoms with Crippen molar-refractivity contribution in [1.82, 2.24) is 0 Å². The first-order chi connectivity index (χ1) is 10.5. The summed E-state index contributed by atoms with van der Waals surface area (Å²) in [5.74, 6) is 0.508. The van der Waals surface area contributed by atoms with Gasteiger partial charge in [-0.2, -0.15) is 0 Å². The molecule has 0 saturated heterocycles. The molecular formula is C18H20BrNO2. The van der Waals surface area contributed by atoms with Gasteiger partial charge in [0.25, 0.3) is 5.91 Å². The first kappa shape index (κ1) is 16.6. The summed E-state index contributed by atoms with van der Waals surface area (Å²) in [5.41, 5.74) is 4.27. The average Bonchev–Trinajstić information content (AvgIpc) is 2.50. The van der Waals surface area contributed by atoms with Gasteiger partial charge in [-0.25, -0.2) is 0 Å². The van der Waals surface area contributed by atoms with Crippen molar-refractivity contribution < 1.29 is 9.53 Å². The number of hydrogen-bond acceptors (Lipinski definition) is 2. The topological polar surface area (TPSA) is 38.3 Å². The molecular weight excluding hydrogens is 342 g/mol. The maximum atomic E-state index is 12.0. The van der Waals surface area contributed by atoms with Crippen LogP contribution in [0.5, 0.6) is 5.75 Å². The molecule has 2 aromatic rings. The summed E-state index contributed by atoms with van der Waals surface area (Å²) in [6.07, 6.45) is 0.964. The fourth-order valence-electron chi connectivity index (χ4n) is 2.10. The Morgan fingerprint density at radius 3 is 2.68 bits per heavy atom. The predicted octanol–water partition coefficient (Wildman–Crippen LogP) is 4.65. The van der Waals surface area contributed by atoms with Crippen LogP contribution in [0.2, 0.25) is 0 Å². The lowest BCUT2D eigenvalue weighted by Crippen LogP contribution is -2.20. The summed E-state index contributed by atoms with van der Waals surface area (Å²) in [5, 5.41) is 2.88. The Labute approximate surface area is 139 Å². The molecule has 0 aliphatic carbocycles. The van der Waals surface area contributed by atoms with Crippen molar-refractivity contribution in [2.24, 2.45) is 0 Å². The number of carbonyl (C=O) groups excluding carboxylic acids is 1. The molecule has 0 unspecified atom stereocenters. The van der Waals surface area contributed by atoms with Crippen LogP contribution < -0.4 is 10.1 Å². The number of rotatable bonds is 5. The molecule has 4 heteroatoms. The van der Waals surface area contributed by atoms with Crippen LogP contribution in [0.15, 0.2) is 40.9 Å². The highest BCUT2D eigenvalue weighted by atomic mass is 79.9. The standard InChI is InChI=1S/C18H20BrNO2/c1-4-14-8-9-17(15(19)10-14)22-11-18(21)20-16-7-5-6-12(2)13(16)3/h5-10H,4,11H2,1-3H3,(H,20,21).